The minimum absolute atomic E-state index is 0.220. The van der Waals surface area contributed by atoms with Gasteiger partial charge in [-0.2, -0.15) is 5.10 Å². The van der Waals surface area contributed by atoms with Gasteiger partial charge in [-0.05, 0) is 12.1 Å². The van der Waals surface area contributed by atoms with E-state index in [1.165, 1.54) is 12.4 Å². The van der Waals surface area contributed by atoms with Gasteiger partial charge < -0.3 is 14.8 Å². The molecule has 0 radical (unpaired) electrons. The van der Waals surface area contributed by atoms with E-state index in [0.717, 1.165) is 0 Å². The molecule has 0 fully saturated rings. The van der Waals surface area contributed by atoms with Crippen molar-refractivity contribution in [2.45, 2.75) is 0 Å². The number of carbonyl (C=O) groups is 1. The molecule has 2 aromatic rings. The van der Waals surface area contributed by atoms with Gasteiger partial charge in [-0.25, -0.2) is 0 Å². The number of aromatic amines is 1. The smallest absolute Gasteiger partial charge is 0.258 e. The molecule has 1 amide bonds. The van der Waals surface area contributed by atoms with Crippen LogP contribution in [0.3, 0.4) is 0 Å². The third-order valence-electron chi connectivity index (χ3n) is 2.41. The maximum atomic E-state index is 11.8. The Morgan fingerprint density at radius 1 is 1.42 bits per heavy atom. The topological polar surface area (TPSA) is 76.2 Å². The molecule has 0 saturated heterocycles. The minimum atomic E-state index is -0.220. The van der Waals surface area contributed by atoms with Gasteiger partial charge in [-0.1, -0.05) is 6.07 Å². The zero-order valence-corrected chi connectivity index (χ0v) is 10.6. The Morgan fingerprint density at radius 3 is 3.05 bits per heavy atom. The van der Waals surface area contributed by atoms with E-state index in [0.29, 0.717) is 30.2 Å². The van der Waals surface area contributed by atoms with Gasteiger partial charge in [0.15, 0.2) is 0 Å². The minimum Gasteiger partial charge on any atom is -0.491 e. The number of nitrogens with one attached hydrogen (secondary N) is 2. The van der Waals surface area contributed by atoms with Crippen molar-refractivity contribution in [2.75, 3.05) is 25.6 Å². The molecule has 0 aliphatic rings. The summed E-state index contributed by atoms with van der Waals surface area (Å²) in [5.41, 5.74) is 1.15. The highest BCUT2D eigenvalue weighted by Gasteiger charge is 2.07. The van der Waals surface area contributed by atoms with Gasteiger partial charge >= 0.3 is 0 Å². The Labute approximate surface area is 110 Å². The van der Waals surface area contributed by atoms with Crippen LogP contribution in [0.25, 0.3) is 0 Å². The number of hydrogen-bond acceptors (Lipinski definition) is 4. The van der Waals surface area contributed by atoms with E-state index in [9.17, 15) is 4.79 Å². The zero-order chi connectivity index (χ0) is 13.5. The van der Waals surface area contributed by atoms with E-state index >= 15 is 0 Å². The van der Waals surface area contributed by atoms with Crippen LogP contribution in [0.15, 0.2) is 36.7 Å². The highest BCUT2D eigenvalue weighted by Crippen LogP contribution is 2.17. The highest BCUT2D eigenvalue weighted by molar-refractivity contribution is 6.03. The average Bonchev–Trinajstić information content (AvgIpc) is 2.93. The molecule has 1 aromatic heterocycles. The van der Waals surface area contributed by atoms with Crippen molar-refractivity contribution in [1.29, 1.82) is 0 Å². The first-order valence-corrected chi connectivity index (χ1v) is 5.81. The number of anilines is 1. The first kappa shape index (κ1) is 13.1. The maximum Gasteiger partial charge on any atom is 0.258 e. The summed E-state index contributed by atoms with van der Waals surface area (Å²) < 4.78 is 10.4. The highest BCUT2D eigenvalue weighted by atomic mass is 16.5. The van der Waals surface area contributed by atoms with Crippen molar-refractivity contribution in [3.63, 3.8) is 0 Å². The number of carbonyl (C=O) groups excluding carboxylic acids is 1. The normalized spacial score (nSPS) is 10.2. The van der Waals surface area contributed by atoms with Crippen LogP contribution in [0.4, 0.5) is 5.69 Å². The molecule has 0 saturated carbocycles. The Balaban J connectivity index is 1.97. The lowest BCUT2D eigenvalue weighted by Gasteiger charge is -2.08. The van der Waals surface area contributed by atoms with Crippen molar-refractivity contribution in [3.05, 3.63) is 42.2 Å². The van der Waals surface area contributed by atoms with Gasteiger partial charge in [0.25, 0.3) is 5.91 Å². The molecule has 100 valence electrons. The van der Waals surface area contributed by atoms with Crippen molar-refractivity contribution in [3.8, 4) is 5.75 Å². The third kappa shape index (κ3) is 3.82. The third-order valence-corrected chi connectivity index (χ3v) is 2.41. The van der Waals surface area contributed by atoms with Crippen molar-refractivity contribution in [1.82, 2.24) is 10.2 Å². The summed E-state index contributed by atoms with van der Waals surface area (Å²) in [6.45, 7) is 0.987. The Morgan fingerprint density at radius 2 is 2.32 bits per heavy atom. The van der Waals surface area contributed by atoms with Gasteiger partial charge in [0.2, 0.25) is 0 Å². The molecule has 0 spiro atoms. The van der Waals surface area contributed by atoms with E-state index in [4.69, 9.17) is 9.47 Å². The summed E-state index contributed by atoms with van der Waals surface area (Å²) in [6.07, 6.45) is 3.00. The standard InChI is InChI=1S/C13H15N3O3/c1-18-5-6-19-12-4-2-3-11(7-12)16-13(17)10-8-14-15-9-10/h2-4,7-9H,5-6H2,1H3,(H,14,15)(H,16,17). The summed E-state index contributed by atoms with van der Waals surface area (Å²) in [6, 6.07) is 7.19. The van der Waals surface area contributed by atoms with Crippen LogP contribution in [0.1, 0.15) is 10.4 Å². The largest absolute Gasteiger partial charge is 0.491 e. The number of nitrogens with zero attached hydrogens (tertiary/aromatic N) is 1. The molecular formula is C13H15N3O3. The molecule has 0 aliphatic heterocycles. The number of aromatic nitrogens is 2. The van der Waals surface area contributed by atoms with E-state index < -0.39 is 0 Å². The number of H-pyrrole nitrogens is 1. The second-order valence-electron chi connectivity index (χ2n) is 3.81. The Kier molecular flexibility index (Phi) is 4.52. The summed E-state index contributed by atoms with van der Waals surface area (Å²) in [4.78, 5) is 11.8. The Bertz CT molecular complexity index is 526. The quantitative estimate of drug-likeness (QED) is 0.776. The van der Waals surface area contributed by atoms with Crippen LogP contribution in [-0.2, 0) is 4.74 Å². The van der Waals surface area contributed by atoms with Crippen LogP contribution in [0, 0.1) is 0 Å². The number of ether oxygens (including phenoxy) is 2. The molecule has 6 nitrogen and oxygen atoms in total. The molecule has 0 atom stereocenters. The molecule has 0 unspecified atom stereocenters. The lowest BCUT2D eigenvalue weighted by molar-refractivity contribution is 0.102. The van der Waals surface area contributed by atoms with Gasteiger partial charge in [0.1, 0.15) is 12.4 Å². The summed E-state index contributed by atoms with van der Waals surface area (Å²) in [5.74, 6) is 0.463. The van der Waals surface area contributed by atoms with E-state index in [2.05, 4.69) is 15.5 Å². The van der Waals surface area contributed by atoms with Crippen molar-refractivity contribution >= 4 is 11.6 Å². The lowest BCUT2D eigenvalue weighted by Crippen LogP contribution is -2.11. The molecule has 0 aliphatic carbocycles. The fourth-order valence-electron chi connectivity index (χ4n) is 1.48. The van der Waals surface area contributed by atoms with Crippen LogP contribution in [0.2, 0.25) is 0 Å². The molecule has 0 bridgehead atoms. The Hall–Kier alpha value is -2.34. The average molecular weight is 261 g/mol. The first-order valence-electron chi connectivity index (χ1n) is 5.81. The predicted molar refractivity (Wildman–Crippen MR) is 70.4 cm³/mol. The fraction of sp³-hybridized carbons (Fsp3) is 0.231. The van der Waals surface area contributed by atoms with E-state index in [1.54, 1.807) is 19.2 Å². The summed E-state index contributed by atoms with van der Waals surface area (Å²) in [5, 5.41) is 9.09. The first-order chi connectivity index (χ1) is 9.29. The molecule has 19 heavy (non-hydrogen) atoms. The van der Waals surface area contributed by atoms with Gasteiger partial charge in [0.05, 0.1) is 18.4 Å². The summed E-state index contributed by atoms with van der Waals surface area (Å²) >= 11 is 0. The second kappa shape index (κ2) is 6.55. The maximum absolute atomic E-state index is 11.8. The number of benzene rings is 1. The van der Waals surface area contributed by atoms with Crippen LogP contribution in [-0.4, -0.2) is 36.4 Å². The molecule has 2 rings (SSSR count). The molecule has 1 heterocycles. The number of amides is 1. The summed E-state index contributed by atoms with van der Waals surface area (Å²) in [7, 11) is 1.62. The number of hydrogen-bond donors (Lipinski definition) is 2. The number of rotatable bonds is 6. The predicted octanol–water partition coefficient (Wildman–Crippen LogP) is 1.69. The van der Waals surface area contributed by atoms with Crippen molar-refractivity contribution in [2.24, 2.45) is 0 Å². The fourth-order valence-corrected chi connectivity index (χ4v) is 1.48. The molecule has 6 heteroatoms. The molecule has 1 aromatic carbocycles. The van der Waals surface area contributed by atoms with Gasteiger partial charge in [0, 0.05) is 25.1 Å². The molecular weight excluding hydrogens is 246 g/mol. The molecule has 2 N–H and O–H groups in total. The zero-order valence-electron chi connectivity index (χ0n) is 10.6. The lowest BCUT2D eigenvalue weighted by atomic mass is 10.2. The van der Waals surface area contributed by atoms with E-state index in [1.807, 2.05) is 12.1 Å². The van der Waals surface area contributed by atoms with Gasteiger partial charge in [-0.15, -0.1) is 0 Å². The number of methoxy groups -OCH3 is 1. The monoisotopic (exact) mass is 261 g/mol. The van der Waals surface area contributed by atoms with Crippen molar-refractivity contribution < 1.29 is 14.3 Å². The van der Waals surface area contributed by atoms with Crippen LogP contribution < -0.4 is 10.1 Å². The van der Waals surface area contributed by atoms with Crippen LogP contribution in [0.5, 0.6) is 5.75 Å². The SMILES string of the molecule is COCCOc1cccc(NC(=O)c2cn[nH]c2)c1. The van der Waals surface area contributed by atoms with Crippen LogP contribution >= 0.6 is 0 Å². The van der Waals surface area contributed by atoms with Gasteiger partial charge in [-0.3, -0.25) is 9.89 Å². The second-order valence-corrected chi connectivity index (χ2v) is 3.81. The van der Waals surface area contributed by atoms with E-state index in [-0.39, 0.29) is 5.91 Å².